The zero-order chi connectivity index (χ0) is 14.3. The number of hydrogen-bond acceptors (Lipinski definition) is 4. The molecule has 0 N–H and O–H groups in total. The van der Waals surface area contributed by atoms with Crippen LogP contribution in [0.3, 0.4) is 0 Å². The Labute approximate surface area is 122 Å². The van der Waals surface area contributed by atoms with Crippen molar-refractivity contribution in [2.45, 2.75) is 32.5 Å². The molecular weight excluding hydrogens is 268 g/mol. The molecular formula is C17H18O4. The Kier molecular flexibility index (Phi) is 1.57. The van der Waals surface area contributed by atoms with E-state index in [2.05, 4.69) is 0 Å². The summed E-state index contributed by atoms with van der Waals surface area (Å²) in [5.41, 5.74) is 1.42. The first kappa shape index (κ1) is 11.3. The molecule has 0 radical (unpaired) electrons. The van der Waals surface area contributed by atoms with Crippen LogP contribution in [0.1, 0.15) is 26.7 Å². The standard InChI is InChI=1S/C17H18O4/c1-17(2)20-15(18)14(16(19)21-17)13-10-6-4-7-9-5(6)3-8(10)11(9)12(7)13/h5-12H,3-4H2,1-2H3/t5-,6-,7-,8+,9-,10+,11+,12+/m0/s1. The first-order chi connectivity index (χ1) is 9.98. The highest BCUT2D eigenvalue weighted by molar-refractivity contribution is 6.16. The molecule has 6 rings (SSSR count). The lowest BCUT2D eigenvalue weighted by Crippen LogP contribution is -2.45. The van der Waals surface area contributed by atoms with Crippen molar-refractivity contribution in [1.29, 1.82) is 0 Å². The van der Waals surface area contributed by atoms with E-state index >= 15 is 0 Å². The normalized spacial score (nSPS) is 56.9. The smallest absolute Gasteiger partial charge is 0.348 e. The summed E-state index contributed by atoms with van der Waals surface area (Å²) in [5, 5.41) is 0. The van der Waals surface area contributed by atoms with Crippen LogP contribution < -0.4 is 0 Å². The fourth-order valence-electron chi connectivity index (χ4n) is 7.40. The molecule has 0 aromatic heterocycles. The molecule has 1 aliphatic heterocycles. The molecule has 1 heterocycles. The molecule has 4 heteroatoms. The van der Waals surface area contributed by atoms with Gasteiger partial charge in [0, 0.05) is 13.8 Å². The van der Waals surface area contributed by atoms with Crippen molar-refractivity contribution >= 4 is 11.9 Å². The molecule has 5 saturated carbocycles. The maximum Gasteiger partial charge on any atom is 0.348 e. The summed E-state index contributed by atoms with van der Waals surface area (Å²) >= 11 is 0. The Morgan fingerprint density at radius 2 is 1.48 bits per heavy atom. The maximum absolute atomic E-state index is 12.4. The highest BCUT2D eigenvalue weighted by Gasteiger charge is 2.79. The Bertz CT molecular complexity index is 632. The van der Waals surface area contributed by atoms with Gasteiger partial charge in [0.2, 0.25) is 0 Å². The minimum absolute atomic E-state index is 0.271. The van der Waals surface area contributed by atoms with Crippen molar-refractivity contribution in [1.82, 2.24) is 0 Å². The van der Waals surface area contributed by atoms with Gasteiger partial charge in [-0.05, 0) is 65.8 Å². The lowest BCUT2D eigenvalue weighted by Gasteiger charge is -2.46. The lowest BCUT2D eigenvalue weighted by molar-refractivity contribution is -0.222. The monoisotopic (exact) mass is 286 g/mol. The van der Waals surface area contributed by atoms with E-state index in [-0.39, 0.29) is 5.57 Å². The van der Waals surface area contributed by atoms with Crippen molar-refractivity contribution in [3.8, 4) is 0 Å². The fourth-order valence-corrected chi connectivity index (χ4v) is 7.40. The molecule has 0 unspecified atom stereocenters. The third-order valence-electron chi connectivity index (χ3n) is 7.46. The number of esters is 2. The molecule has 0 amide bonds. The number of ether oxygens (including phenoxy) is 2. The van der Waals surface area contributed by atoms with E-state index in [4.69, 9.17) is 9.47 Å². The zero-order valence-electron chi connectivity index (χ0n) is 12.2. The highest BCUT2D eigenvalue weighted by atomic mass is 16.7. The average Bonchev–Trinajstić information content (AvgIpc) is 2.85. The van der Waals surface area contributed by atoms with E-state index < -0.39 is 17.7 Å². The molecule has 8 atom stereocenters. The number of cyclic esters (lactones) is 2. The van der Waals surface area contributed by atoms with Crippen LogP contribution in [0.25, 0.3) is 0 Å². The molecule has 6 fully saturated rings. The summed E-state index contributed by atoms with van der Waals surface area (Å²) in [7, 11) is 0. The first-order valence-electron chi connectivity index (χ1n) is 8.19. The van der Waals surface area contributed by atoms with Crippen molar-refractivity contribution in [3.05, 3.63) is 11.1 Å². The van der Waals surface area contributed by atoms with Crippen LogP contribution in [0.5, 0.6) is 0 Å². The van der Waals surface area contributed by atoms with E-state index in [1.807, 2.05) is 0 Å². The van der Waals surface area contributed by atoms with E-state index in [1.54, 1.807) is 13.8 Å². The van der Waals surface area contributed by atoms with Gasteiger partial charge in [-0.3, -0.25) is 0 Å². The van der Waals surface area contributed by atoms with E-state index in [0.717, 1.165) is 41.1 Å². The topological polar surface area (TPSA) is 52.6 Å². The molecule has 110 valence electrons. The van der Waals surface area contributed by atoms with Crippen molar-refractivity contribution in [2.75, 3.05) is 0 Å². The molecule has 0 aromatic rings. The summed E-state index contributed by atoms with van der Waals surface area (Å²) in [6, 6.07) is 0. The summed E-state index contributed by atoms with van der Waals surface area (Å²) in [6.45, 7) is 3.23. The molecule has 4 nitrogen and oxygen atoms in total. The predicted molar refractivity (Wildman–Crippen MR) is 70.4 cm³/mol. The van der Waals surface area contributed by atoms with Gasteiger partial charge >= 0.3 is 11.9 Å². The van der Waals surface area contributed by atoms with Gasteiger partial charge < -0.3 is 9.47 Å². The second-order valence-electron chi connectivity index (χ2n) is 8.34. The lowest BCUT2D eigenvalue weighted by atomic mass is 9.58. The molecule has 1 saturated heterocycles. The fraction of sp³-hybridized carbons (Fsp3) is 0.765. The van der Waals surface area contributed by atoms with Gasteiger partial charge in [0.25, 0.3) is 5.79 Å². The van der Waals surface area contributed by atoms with Gasteiger partial charge in [0.1, 0.15) is 5.57 Å². The second-order valence-corrected chi connectivity index (χ2v) is 8.34. The minimum Gasteiger partial charge on any atom is -0.419 e. The van der Waals surface area contributed by atoms with E-state index in [1.165, 1.54) is 12.8 Å². The van der Waals surface area contributed by atoms with Crippen LogP contribution in [0.4, 0.5) is 0 Å². The van der Waals surface area contributed by atoms with Crippen LogP contribution in [0.15, 0.2) is 11.1 Å². The predicted octanol–water partition coefficient (Wildman–Crippen LogP) is 1.90. The quantitative estimate of drug-likeness (QED) is 0.388. The summed E-state index contributed by atoms with van der Waals surface area (Å²) in [4.78, 5) is 24.8. The van der Waals surface area contributed by atoms with Crippen LogP contribution >= 0.6 is 0 Å². The van der Waals surface area contributed by atoms with Gasteiger partial charge in [-0.2, -0.15) is 0 Å². The van der Waals surface area contributed by atoms with Crippen LogP contribution in [0.2, 0.25) is 0 Å². The Hall–Kier alpha value is -1.32. The van der Waals surface area contributed by atoms with Crippen molar-refractivity contribution in [2.24, 2.45) is 47.3 Å². The van der Waals surface area contributed by atoms with Gasteiger partial charge in [0.05, 0.1) is 0 Å². The molecule has 5 aliphatic carbocycles. The molecule has 21 heavy (non-hydrogen) atoms. The second kappa shape index (κ2) is 2.92. The number of fused-ring (bicyclic) bond motifs is 2. The third kappa shape index (κ3) is 0.984. The first-order valence-corrected chi connectivity index (χ1v) is 8.19. The van der Waals surface area contributed by atoms with Crippen molar-refractivity contribution < 1.29 is 19.1 Å². The van der Waals surface area contributed by atoms with E-state index in [9.17, 15) is 9.59 Å². The number of allylic oxidation sites excluding steroid dienone is 1. The van der Waals surface area contributed by atoms with Crippen LogP contribution in [-0.2, 0) is 19.1 Å². The SMILES string of the molecule is CC1(C)OC(=O)C(=C2[C@H]3[C@H]4C[C@H]5[C@@H]3C[C@@H]3[C@@H]2[C@H]4[C@H]35)C(=O)O1. The van der Waals surface area contributed by atoms with Crippen molar-refractivity contribution in [3.63, 3.8) is 0 Å². The molecule has 2 bridgehead atoms. The minimum atomic E-state index is -1.13. The summed E-state index contributed by atoms with van der Waals surface area (Å²) < 4.78 is 10.7. The number of carbonyl (C=O) groups excluding carboxylic acids is 2. The van der Waals surface area contributed by atoms with Gasteiger partial charge in [-0.15, -0.1) is 0 Å². The zero-order valence-corrected chi connectivity index (χ0v) is 12.2. The number of hydrogen-bond donors (Lipinski definition) is 0. The third-order valence-corrected chi connectivity index (χ3v) is 7.46. The van der Waals surface area contributed by atoms with Crippen LogP contribution in [-0.4, -0.2) is 17.7 Å². The van der Waals surface area contributed by atoms with Gasteiger partial charge in [0.15, 0.2) is 0 Å². The molecule has 0 spiro atoms. The number of carbonyl (C=O) groups is 2. The molecule has 6 aliphatic rings. The van der Waals surface area contributed by atoms with Crippen LogP contribution in [0, 0.1) is 47.3 Å². The molecule has 0 aromatic carbocycles. The van der Waals surface area contributed by atoms with Gasteiger partial charge in [-0.1, -0.05) is 0 Å². The summed E-state index contributed by atoms with van der Waals surface area (Å²) in [6.07, 6.45) is 2.67. The van der Waals surface area contributed by atoms with Gasteiger partial charge in [-0.25, -0.2) is 9.59 Å². The Morgan fingerprint density at radius 1 is 0.857 bits per heavy atom. The maximum atomic E-state index is 12.4. The van der Waals surface area contributed by atoms with E-state index in [0.29, 0.717) is 11.8 Å². The summed E-state index contributed by atoms with van der Waals surface area (Å²) in [5.74, 6) is 3.74. The highest BCUT2D eigenvalue weighted by Crippen LogP contribution is 2.84. The number of rotatable bonds is 0. The Balaban J connectivity index is 1.53. The average molecular weight is 286 g/mol. The Morgan fingerprint density at radius 3 is 2.19 bits per heavy atom. The largest absolute Gasteiger partial charge is 0.419 e.